The number of rotatable bonds is 4. The predicted octanol–water partition coefficient (Wildman–Crippen LogP) is 5.61. The summed E-state index contributed by atoms with van der Waals surface area (Å²) in [6.07, 6.45) is 0. The number of hydrogen-bond acceptors (Lipinski definition) is 3. The van der Waals surface area contributed by atoms with Crippen LogP contribution in [0.15, 0.2) is 72.8 Å². The van der Waals surface area contributed by atoms with Crippen molar-refractivity contribution in [3.8, 4) is 0 Å². The van der Waals surface area contributed by atoms with Gasteiger partial charge in [-0.1, -0.05) is 42.6 Å². The molecule has 0 spiro atoms. The summed E-state index contributed by atoms with van der Waals surface area (Å²) in [5.74, 6) is -1.16. The summed E-state index contributed by atoms with van der Waals surface area (Å²) in [6.45, 7) is 0. The molecule has 0 aliphatic heterocycles. The smallest absolute Gasteiger partial charge is 0.322 e. The molecule has 5 nitrogen and oxygen atoms in total. The Morgan fingerprint density at radius 1 is 0.893 bits per heavy atom. The molecule has 2 N–H and O–H groups in total. The lowest BCUT2D eigenvalue weighted by atomic mass is 10.2. The van der Waals surface area contributed by atoms with Gasteiger partial charge in [-0.2, -0.15) is 0 Å². The number of anilines is 3. The van der Waals surface area contributed by atoms with Gasteiger partial charge in [0.1, 0.15) is 5.82 Å². The number of nitrogens with one attached hydrogen (secondary N) is 2. The summed E-state index contributed by atoms with van der Waals surface area (Å²) in [7, 11) is 0. The number of urea groups is 1. The van der Waals surface area contributed by atoms with Crippen LogP contribution in [0.4, 0.5) is 26.2 Å². The molecule has 0 atom stereocenters. The molecule has 28 heavy (non-hydrogen) atoms. The molecule has 0 aliphatic carbocycles. The number of carbonyl (C=O) groups excluding carboxylic acids is 2. The van der Waals surface area contributed by atoms with E-state index in [1.807, 2.05) is 0 Å². The molecule has 0 bridgehead atoms. The molecule has 0 saturated carbocycles. The van der Waals surface area contributed by atoms with Crippen molar-refractivity contribution >= 4 is 53.4 Å². The fourth-order valence-corrected chi connectivity index (χ4v) is 2.76. The second kappa shape index (κ2) is 8.77. The Hall–Kier alpha value is -3.03. The van der Waals surface area contributed by atoms with Crippen LogP contribution in [0.5, 0.6) is 0 Å². The van der Waals surface area contributed by atoms with Crippen molar-refractivity contribution in [2.45, 2.75) is 0 Å². The van der Waals surface area contributed by atoms with E-state index in [1.165, 1.54) is 18.2 Å². The van der Waals surface area contributed by atoms with E-state index in [2.05, 4.69) is 23.4 Å². The van der Waals surface area contributed by atoms with E-state index >= 15 is 0 Å². The summed E-state index contributed by atoms with van der Waals surface area (Å²) < 4.78 is 14.8. The Morgan fingerprint density at radius 2 is 1.61 bits per heavy atom. The van der Waals surface area contributed by atoms with E-state index in [1.54, 1.807) is 54.6 Å². The number of halogens is 2. The Labute approximate surface area is 171 Å². The molecule has 0 aromatic heterocycles. The zero-order valence-electron chi connectivity index (χ0n) is 14.4. The van der Waals surface area contributed by atoms with Crippen molar-refractivity contribution in [1.82, 2.24) is 0 Å². The molecule has 8 heteroatoms. The topological polar surface area (TPSA) is 61.4 Å². The van der Waals surface area contributed by atoms with Crippen molar-refractivity contribution in [3.63, 3.8) is 0 Å². The minimum Gasteiger partial charge on any atom is -0.322 e. The molecule has 0 fully saturated rings. The molecule has 0 aliphatic rings. The standard InChI is InChI=1S/C20H15ClFN3O2S/c21-13-4-3-5-15(12-13)24-20(27)25(28)16-10-8-14(9-11-16)23-19(26)17-6-1-2-7-18(17)22/h1-12,28H,(H,23,26)(H,24,27). The van der Waals surface area contributed by atoms with Crippen molar-refractivity contribution in [2.24, 2.45) is 0 Å². The molecule has 3 aromatic rings. The van der Waals surface area contributed by atoms with E-state index in [0.29, 0.717) is 22.1 Å². The van der Waals surface area contributed by atoms with Gasteiger partial charge in [0.2, 0.25) is 0 Å². The average molecular weight is 416 g/mol. The molecular weight excluding hydrogens is 401 g/mol. The highest BCUT2D eigenvalue weighted by molar-refractivity contribution is 7.82. The number of nitrogens with zero attached hydrogens (tertiary/aromatic N) is 1. The fraction of sp³-hybridized carbons (Fsp3) is 0. The molecule has 0 unspecified atom stereocenters. The zero-order chi connectivity index (χ0) is 20.1. The van der Waals surface area contributed by atoms with Crippen molar-refractivity contribution in [1.29, 1.82) is 0 Å². The first kappa shape index (κ1) is 19.7. The van der Waals surface area contributed by atoms with E-state index in [0.717, 1.165) is 4.31 Å². The largest absolute Gasteiger partial charge is 0.336 e. The molecule has 142 valence electrons. The Balaban J connectivity index is 1.65. The highest BCUT2D eigenvalue weighted by atomic mass is 35.5. The van der Waals surface area contributed by atoms with Gasteiger partial charge in [0.05, 0.1) is 11.3 Å². The van der Waals surface area contributed by atoms with Crippen LogP contribution < -0.4 is 14.9 Å². The van der Waals surface area contributed by atoms with E-state index in [9.17, 15) is 14.0 Å². The van der Waals surface area contributed by atoms with Gasteiger partial charge in [0, 0.05) is 16.4 Å². The summed E-state index contributed by atoms with van der Waals surface area (Å²) in [5.41, 5.74) is 1.41. The summed E-state index contributed by atoms with van der Waals surface area (Å²) >= 11 is 10.1. The lowest BCUT2D eigenvalue weighted by Gasteiger charge is -2.17. The lowest BCUT2D eigenvalue weighted by Crippen LogP contribution is -2.26. The first-order valence-corrected chi connectivity index (χ1v) is 8.93. The quantitative estimate of drug-likeness (QED) is 0.484. The van der Waals surface area contributed by atoms with Gasteiger partial charge in [-0.05, 0) is 54.6 Å². The van der Waals surface area contributed by atoms with Crippen LogP contribution in [0.3, 0.4) is 0 Å². The highest BCUT2D eigenvalue weighted by Gasteiger charge is 2.14. The first-order valence-electron chi connectivity index (χ1n) is 8.15. The van der Waals surface area contributed by atoms with Gasteiger partial charge < -0.3 is 10.6 Å². The van der Waals surface area contributed by atoms with Gasteiger partial charge in [0.15, 0.2) is 0 Å². The summed E-state index contributed by atoms with van der Waals surface area (Å²) in [6, 6.07) is 18.3. The minimum absolute atomic E-state index is 0.0525. The van der Waals surface area contributed by atoms with Crippen LogP contribution in [-0.2, 0) is 0 Å². The SMILES string of the molecule is O=C(Nc1ccc(N(S)C(=O)Nc2cccc(Cl)c2)cc1)c1ccccc1F. The first-order chi connectivity index (χ1) is 13.4. The maximum atomic E-state index is 13.7. The molecule has 0 saturated heterocycles. The molecular formula is C20H15ClFN3O2S. The third-order valence-electron chi connectivity index (χ3n) is 3.76. The van der Waals surface area contributed by atoms with Gasteiger partial charge in [-0.15, -0.1) is 0 Å². The van der Waals surface area contributed by atoms with Crippen LogP contribution in [0, 0.1) is 5.82 Å². The number of amides is 3. The lowest BCUT2D eigenvalue weighted by molar-refractivity contribution is 0.102. The normalized spacial score (nSPS) is 10.2. The van der Waals surface area contributed by atoms with Crippen molar-refractivity contribution in [2.75, 3.05) is 14.9 Å². The van der Waals surface area contributed by atoms with Gasteiger partial charge in [-0.3, -0.25) is 4.79 Å². The zero-order valence-corrected chi connectivity index (χ0v) is 16.0. The number of hydrogen-bond donors (Lipinski definition) is 3. The van der Waals surface area contributed by atoms with E-state index < -0.39 is 17.8 Å². The second-order valence-electron chi connectivity index (χ2n) is 5.73. The number of carbonyl (C=O) groups is 2. The van der Waals surface area contributed by atoms with Crippen molar-refractivity contribution < 1.29 is 14.0 Å². The fourth-order valence-electron chi connectivity index (χ4n) is 2.39. The Morgan fingerprint density at radius 3 is 2.29 bits per heavy atom. The van der Waals surface area contributed by atoms with Gasteiger partial charge in [-0.25, -0.2) is 13.5 Å². The predicted molar refractivity (Wildman–Crippen MR) is 113 cm³/mol. The maximum absolute atomic E-state index is 13.7. The van der Waals surface area contributed by atoms with Crippen LogP contribution in [-0.4, -0.2) is 11.9 Å². The van der Waals surface area contributed by atoms with Crippen LogP contribution in [0.2, 0.25) is 5.02 Å². The van der Waals surface area contributed by atoms with Crippen LogP contribution in [0.1, 0.15) is 10.4 Å². The van der Waals surface area contributed by atoms with Crippen molar-refractivity contribution in [3.05, 3.63) is 89.2 Å². The van der Waals surface area contributed by atoms with Gasteiger partial charge >= 0.3 is 6.03 Å². The third kappa shape index (κ3) is 4.82. The Kier molecular flexibility index (Phi) is 6.18. The third-order valence-corrected chi connectivity index (χ3v) is 4.40. The maximum Gasteiger partial charge on any atom is 0.336 e. The summed E-state index contributed by atoms with van der Waals surface area (Å²) in [5, 5.41) is 5.77. The molecule has 3 rings (SSSR count). The Bertz CT molecular complexity index is 1010. The van der Waals surface area contributed by atoms with Gasteiger partial charge in [0.25, 0.3) is 5.91 Å². The van der Waals surface area contributed by atoms with E-state index in [-0.39, 0.29) is 5.56 Å². The molecule has 0 radical (unpaired) electrons. The monoisotopic (exact) mass is 415 g/mol. The summed E-state index contributed by atoms with van der Waals surface area (Å²) in [4.78, 5) is 24.4. The number of thiol groups is 1. The van der Waals surface area contributed by atoms with E-state index in [4.69, 9.17) is 11.6 Å². The molecule has 3 aromatic carbocycles. The minimum atomic E-state index is -0.601. The number of benzene rings is 3. The van der Waals surface area contributed by atoms with Crippen LogP contribution in [0.25, 0.3) is 0 Å². The highest BCUT2D eigenvalue weighted by Crippen LogP contribution is 2.22. The molecule has 3 amide bonds. The second-order valence-corrected chi connectivity index (χ2v) is 6.57. The van der Waals surface area contributed by atoms with Crippen LogP contribution >= 0.6 is 24.4 Å². The average Bonchev–Trinajstić information content (AvgIpc) is 2.68. The molecule has 0 heterocycles.